The van der Waals surface area contributed by atoms with Gasteiger partial charge in [-0.15, -0.1) is 11.8 Å². The molecule has 2 rings (SSSR count). The predicted octanol–water partition coefficient (Wildman–Crippen LogP) is 3.01. The second-order valence-electron chi connectivity index (χ2n) is 4.40. The lowest BCUT2D eigenvalue weighted by Crippen LogP contribution is -2.43. The monoisotopic (exact) mass is 199 g/mol. The minimum Gasteiger partial charge on any atom is -0.302 e. The van der Waals surface area contributed by atoms with Gasteiger partial charge in [-0.25, -0.2) is 0 Å². The molecule has 0 aromatic carbocycles. The normalized spacial score (nSPS) is 35.8. The molecule has 1 saturated carbocycles. The van der Waals surface area contributed by atoms with Crippen LogP contribution in [0.25, 0.3) is 0 Å². The maximum atomic E-state index is 3.78. The van der Waals surface area contributed by atoms with Crippen LogP contribution in [-0.2, 0) is 0 Å². The Balaban J connectivity index is 2.02. The minimum atomic E-state index is 0.491. The maximum Gasteiger partial charge on any atom is 0.0674 e. The molecule has 1 heterocycles. The Morgan fingerprint density at radius 1 is 1.38 bits per heavy atom. The SMILES string of the molecule is CCCC1(C2CCCC2)NCCS1. The van der Waals surface area contributed by atoms with Crippen LogP contribution in [0.15, 0.2) is 0 Å². The van der Waals surface area contributed by atoms with Gasteiger partial charge in [0.1, 0.15) is 0 Å². The van der Waals surface area contributed by atoms with E-state index in [1.54, 1.807) is 0 Å². The van der Waals surface area contributed by atoms with Crippen LogP contribution in [0, 0.1) is 5.92 Å². The average molecular weight is 199 g/mol. The van der Waals surface area contributed by atoms with Crippen molar-refractivity contribution in [3.05, 3.63) is 0 Å². The quantitative estimate of drug-likeness (QED) is 0.750. The Bertz CT molecular complexity index is 157. The number of nitrogens with one attached hydrogen (secondary N) is 1. The van der Waals surface area contributed by atoms with Crippen LogP contribution in [-0.4, -0.2) is 17.2 Å². The van der Waals surface area contributed by atoms with E-state index in [0.29, 0.717) is 4.87 Å². The second kappa shape index (κ2) is 4.22. The third-order valence-electron chi connectivity index (χ3n) is 3.52. The Morgan fingerprint density at radius 2 is 2.15 bits per heavy atom. The number of hydrogen-bond acceptors (Lipinski definition) is 2. The van der Waals surface area contributed by atoms with Crippen molar-refractivity contribution >= 4 is 11.8 Å². The highest BCUT2D eigenvalue weighted by Crippen LogP contribution is 2.45. The first-order chi connectivity index (χ1) is 6.37. The first-order valence-electron chi connectivity index (χ1n) is 5.76. The average Bonchev–Trinajstić information content (AvgIpc) is 2.73. The van der Waals surface area contributed by atoms with Crippen LogP contribution < -0.4 is 5.32 Å². The first kappa shape index (κ1) is 9.85. The third-order valence-corrected chi connectivity index (χ3v) is 5.13. The van der Waals surface area contributed by atoms with E-state index in [0.717, 1.165) is 5.92 Å². The highest BCUT2D eigenvalue weighted by Gasteiger charge is 2.41. The number of hydrogen-bond donors (Lipinski definition) is 1. The molecular weight excluding hydrogens is 178 g/mol. The van der Waals surface area contributed by atoms with Crippen LogP contribution >= 0.6 is 11.8 Å². The molecule has 1 unspecified atom stereocenters. The Morgan fingerprint density at radius 3 is 2.69 bits per heavy atom. The standard InChI is InChI=1S/C11H21NS/c1-2-7-11(12-8-9-13-11)10-5-3-4-6-10/h10,12H,2-9H2,1H3. The molecule has 2 aliphatic rings. The summed E-state index contributed by atoms with van der Waals surface area (Å²) in [5.41, 5.74) is 0. The zero-order chi connectivity index (χ0) is 9.15. The summed E-state index contributed by atoms with van der Waals surface area (Å²) in [4.78, 5) is 0.491. The smallest absolute Gasteiger partial charge is 0.0674 e. The van der Waals surface area contributed by atoms with Gasteiger partial charge in [-0.05, 0) is 25.2 Å². The molecule has 1 atom stereocenters. The van der Waals surface area contributed by atoms with Crippen LogP contribution in [0.5, 0.6) is 0 Å². The molecule has 0 radical (unpaired) electrons. The molecule has 0 spiro atoms. The Labute approximate surface area is 86.0 Å². The van der Waals surface area contributed by atoms with Crippen LogP contribution in [0.1, 0.15) is 45.4 Å². The topological polar surface area (TPSA) is 12.0 Å². The summed E-state index contributed by atoms with van der Waals surface area (Å²) >= 11 is 2.20. The van der Waals surface area contributed by atoms with Gasteiger partial charge in [-0.3, -0.25) is 0 Å². The summed E-state index contributed by atoms with van der Waals surface area (Å²) in [7, 11) is 0. The molecule has 1 nitrogen and oxygen atoms in total. The van der Waals surface area contributed by atoms with Gasteiger partial charge in [-0.1, -0.05) is 26.2 Å². The summed E-state index contributed by atoms with van der Waals surface area (Å²) in [6, 6.07) is 0. The van der Waals surface area contributed by atoms with Crippen LogP contribution in [0.2, 0.25) is 0 Å². The third kappa shape index (κ3) is 1.89. The van der Waals surface area contributed by atoms with Gasteiger partial charge in [0.25, 0.3) is 0 Å². The van der Waals surface area contributed by atoms with Crippen LogP contribution in [0.4, 0.5) is 0 Å². The lowest BCUT2D eigenvalue weighted by molar-refractivity contribution is 0.317. The van der Waals surface area contributed by atoms with E-state index in [1.807, 2.05) is 0 Å². The fourth-order valence-electron chi connectivity index (χ4n) is 2.94. The fraction of sp³-hybridized carbons (Fsp3) is 1.00. The van der Waals surface area contributed by atoms with Crippen molar-refractivity contribution < 1.29 is 0 Å². The van der Waals surface area contributed by atoms with E-state index in [2.05, 4.69) is 24.0 Å². The molecule has 1 aliphatic heterocycles. The summed E-state index contributed by atoms with van der Waals surface area (Å²) in [6.07, 6.45) is 8.59. The molecule has 0 aromatic heterocycles. The number of thioether (sulfide) groups is 1. The van der Waals surface area contributed by atoms with Crippen molar-refractivity contribution in [3.8, 4) is 0 Å². The molecular formula is C11H21NS. The summed E-state index contributed by atoms with van der Waals surface area (Å²) in [5, 5.41) is 3.78. The second-order valence-corrected chi connectivity index (χ2v) is 5.82. The molecule has 1 aliphatic carbocycles. The van der Waals surface area contributed by atoms with E-state index in [9.17, 15) is 0 Å². The predicted molar refractivity (Wildman–Crippen MR) is 60.1 cm³/mol. The molecule has 1 N–H and O–H groups in total. The summed E-state index contributed by atoms with van der Waals surface area (Å²) < 4.78 is 0. The molecule has 0 amide bonds. The lowest BCUT2D eigenvalue weighted by atomic mass is 9.93. The van der Waals surface area contributed by atoms with Gasteiger partial charge in [0.15, 0.2) is 0 Å². The van der Waals surface area contributed by atoms with E-state index in [1.165, 1.54) is 50.8 Å². The van der Waals surface area contributed by atoms with Gasteiger partial charge in [0.05, 0.1) is 4.87 Å². The Hall–Kier alpha value is 0.310. The molecule has 0 bridgehead atoms. The summed E-state index contributed by atoms with van der Waals surface area (Å²) in [5.74, 6) is 2.30. The van der Waals surface area contributed by atoms with Crippen molar-refractivity contribution in [3.63, 3.8) is 0 Å². The fourth-order valence-corrected chi connectivity index (χ4v) is 4.53. The van der Waals surface area contributed by atoms with E-state index in [4.69, 9.17) is 0 Å². The van der Waals surface area contributed by atoms with E-state index >= 15 is 0 Å². The molecule has 2 heteroatoms. The minimum absolute atomic E-state index is 0.491. The van der Waals surface area contributed by atoms with Gasteiger partial charge in [-0.2, -0.15) is 0 Å². The van der Waals surface area contributed by atoms with E-state index < -0.39 is 0 Å². The first-order valence-corrected chi connectivity index (χ1v) is 6.75. The van der Waals surface area contributed by atoms with Gasteiger partial charge >= 0.3 is 0 Å². The van der Waals surface area contributed by atoms with Crippen LogP contribution in [0.3, 0.4) is 0 Å². The molecule has 76 valence electrons. The largest absolute Gasteiger partial charge is 0.302 e. The maximum absolute atomic E-state index is 3.78. The molecule has 0 aromatic rings. The lowest BCUT2D eigenvalue weighted by Gasteiger charge is -2.34. The molecule has 13 heavy (non-hydrogen) atoms. The van der Waals surface area contributed by atoms with Crippen molar-refractivity contribution in [2.24, 2.45) is 5.92 Å². The van der Waals surface area contributed by atoms with Crippen molar-refractivity contribution in [1.82, 2.24) is 5.32 Å². The molecule has 1 saturated heterocycles. The zero-order valence-electron chi connectivity index (χ0n) is 8.64. The van der Waals surface area contributed by atoms with Gasteiger partial charge in [0, 0.05) is 12.3 Å². The van der Waals surface area contributed by atoms with Crippen molar-refractivity contribution in [1.29, 1.82) is 0 Å². The van der Waals surface area contributed by atoms with Gasteiger partial charge < -0.3 is 5.32 Å². The van der Waals surface area contributed by atoms with Gasteiger partial charge in [0.2, 0.25) is 0 Å². The van der Waals surface area contributed by atoms with E-state index in [-0.39, 0.29) is 0 Å². The highest BCUT2D eigenvalue weighted by atomic mass is 32.2. The highest BCUT2D eigenvalue weighted by molar-refractivity contribution is 8.00. The van der Waals surface area contributed by atoms with Crippen molar-refractivity contribution in [2.75, 3.05) is 12.3 Å². The molecule has 2 fully saturated rings. The van der Waals surface area contributed by atoms with Crippen molar-refractivity contribution in [2.45, 2.75) is 50.3 Å². The zero-order valence-corrected chi connectivity index (χ0v) is 9.46. The summed E-state index contributed by atoms with van der Waals surface area (Å²) in [6.45, 7) is 3.55. The number of rotatable bonds is 3. The Kier molecular flexibility index (Phi) is 3.20.